The average Bonchev–Trinajstić information content (AvgIpc) is 1.98. The zero-order valence-corrected chi connectivity index (χ0v) is 8.98. The predicted octanol–water partition coefficient (Wildman–Crippen LogP) is 1.62. The number of nitrogens with one attached hydrogen (secondary N) is 2. The second kappa shape index (κ2) is 7.56. The fourth-order valence-corrected chi connectivity index (χ4v) is 1.24. The third kappa shape index (κ3) is 8.02. The van der Waals surface area contributed by atoms with Crippen molar-refractivity contribution in [1.82, 2.24) is 10.6 Å². The minimum absolute atomic E-state index is 0.599. The monoisotopic (exact) mass is 172 g/mol. The summed E-state index contributed by atoms with van der Waals surface area (Å²) in [5.74, 6) is 0.839. The van der Waals surface area contributed by atoms with Crippen LogP contribution in [0.5, 0.6) is 0 Å². The van der Waals surface area contributed by atoms with Crippen LogP contribution in [0.2, 0.25) is 0 Å². The fourth-order valence-electron chi connectivity index (χ4n) is 1.24. The number of hydrogen-bond acceptors (Lipinski definition) is 2. The van der Waals surface area contributed by atoms with Crippen molar-refractivity contribution in [3.05, 3.63) is 0 Å². The molecule has 2 nitrogen and oxygen atoms in total. The molecule has 1 unspecified atom stereocenters. The number of likely N-dealkylation sites (N-methyl/N-ethyl adjacent to an activating group) is 1. The molecule has 0 radical (unpaired) electrons. The lowest BCUT2D eigenvalue weighted by molar-refractivity contribution is 0.478. The maximum Gasteiger partial charge on any atom is 0.0164 e. The molecule has 2 N–H and O–H groups in total. The number of hydrogen-bond donors (Lipinski definition) is 2. The van der Waals surface area contributed by atoms with E-state index >= 15 is 0 Å². The van der Waals surface area contributed by atoms with E-state index in [2.05, 4.69) is 31.4 Å². The van der Waals surface area contributed by atoms with Gasteiger partial charge in [0.2, 0.25) is 0 Å². The van der Waals surface area contributed by atoms with Crippen LogP contribution in [-0.4, -0.2) is 26.2 Å². The normalized spacial score (nSPS) is 13.8. The molecule has 0 fully saturated rings. The van der Waals surface area contributed by atoms with E-state index in [0.717, 1.165) is 19.0 Å². The first-order valence-electron chi connectivity index (χ1n) is 5.04. The molecule has 12 heavy (non-hydrogen) atoms. The Labute approximate surface area is 77.1 Å². The summed E-state index contributed by atoms with van der Waals surface area (Å²) in [6.07, 6.45) is 2.63. The third-order valence-corrected chi connectivity index (χ3v) is 1.96. The zero-order valence-electron chi connectivity index (χ0n) is 8.98. The maximum atomic E-state index is 3.48. The predicted molar refractivity (Wildman–Crippen MR) is 55.5 cm³/mol. The Morgan fingerprint density at radius 2 is 1.83 bits per heavy atom. The molecule has 0 spiro atoms. The highest BCUT2D eigenvalue weighted by molar-refractivity contribution is 4.62. The summed E-state index contributed by atoms with van der Waals surface area (Å²) in [7, 11) is 1.99. The van der Waals surface area contributed by atoms with Gasteiger partial charge in [-0.05, 0) is 39.3 Å². The first-order chi connectivity index (χ1) is 5.66. The highest BCUT2D eigenvalue weighted by atomic mass is 15.0. The standard InChI is InChI=1S/C10H24N2/c1-9(2)6-5-7-12-10(3)8-11-4/h9-12H,5-8H2,1-4H3. The summed E-state index contributed by atoms with van der Waals surface area (Å²) in [4.78, 5) is 0. The first kappa shape index (κ1) is 11.9. The van der Waals surface area contributed by atoms with E-state index in [1.165, 1.54) is 12.8 Å². The Morgan fingerprint density at radius 1 is 1.17 bits per heavy atom. The summed E-state index contributed by atoms with van der Waals surface area (Å²) in [6, 6.07) is 0.599. The molecule has 0 saturated carbocycles. The van der Waals surface area contributed by atoms with Crippen LogP contribution in [0, 0.1) is 5.92 Å². The molecule has 0 aliphatic rings. The van der Waals surface area contributed by atoms with E-state index in [-0.39, 0.29) is 0 Å². The van der Waals surface area contributed by atoms with Gasteiger partial charge in [0.1, 0.15) is 0 Å². The van der Waals surface area contributed by atoms with Crippen molar-refractivity contribution in [2.24, 2.45) is 5.92 Å². The van der Waals surface area contributed by atoms with E-state index in [0.29, 0.717) is 6.04 Å². The lowest BCUT2D eigenvalue weighted by Gasteiger charge is -2.13. The van der Waals surface area contributed by atoms with E-state index in [1.54, 1.807) is 0 Å². The van der Waals surface area contributed by atoms with Crippen LogP contribution in [0.1, 0.15) is 33.6 Å². The number of rotatable bonds is 7. The van der Waals surface area contributed by atoms with Crippen LogP contribution in [0.3, 0.4) is 0 Å². The molecule has 0 aromatic rings. The maximum absolute atomic E-state index is 3.48. The molecule has 0 aromatic carbocycles. The Hall–Kier alpha value is -0.0800. The van der Waals surface area contributed by atoms with Crippen molar-refractivity contribution in [1.29, 1.82) is 0 Å². The van der Waals surface area contributed by atoms with Crippen LogP contribution in [-0.2, 0) is 0 Å². The van der Waals surface area contributed by atoms with E-state index in [1.807, 2.05) is 7.05 Å². The van der Waals surface area contributed by atoms with Crippen LogP contribution >= 0.6 is 0 Å². The van der Waals surface area contributed by atoms with Gasteiger partial charge in [0.25, 0.3) is 0 Å². The van der Waals surface area contributed by atoms with Gasteiger partial charge in [0.05, 0.1) is 0 Å². The lowest BCUT2D eigenvalue weighted by atomic mass is 10.1. The molecule has 74 valence electrons. The van der Waals surface area contributed by atoms with Gasteiger partial charge in [-0.2, -0.15) is 0 Å². The fraction of sp³-hybridized carbons (Fsp3) is 1.00. The van der Waals surface area contributed by atoms with Crippen LogP contribution in [0.4, 0.5) is 0 Å². The van der Waals surface area contributed by atoms with Gasteiger partial charge < -0.3 is 10.6 Å². The smallest absolute Gasteiger partial charge is 0.0164 e. The molecule has 2 heteroatoms. The Balaban J connectivity index is 3.08. The van der Waals surface area contributed by atoms with Crippen molar-refractivity contribution >= 4 is 0 Å². The minimum atomic E-state index is 0.599. The molecule has 0 aromatic heterocycles. The molecule has 0 saturated heterocycles. The van der Waals surface area contributed by atoms with Crippen LogP contribution in [0.25, 0.3) is 0 Å². The topological polar surface area (TPSA) is 24.1 Å². The van der Waals surface area contributed by atoms with Crippen molar-refractivity contribution < 1.29 is 0 Å². The molecule has 0 heterocycles. The van der Waals surface area contributed by atoms with Gasteiger partial charge in [-0.15, -0.1) is 0 Å². The van der Waals surface area contributed by atoms with Crippen molar-refractivity contribution in [2.75, 3.05) is 20.1 Å². The van der Waals surface area contributed by atoms with Crippen molar-refractivity contribution in [3.63, 3.8) is 0 Å². The summed E-state index contributed by atoms with van der Waals surface area (Å²) in [5, 5.41) is 6.63. The highest BCUT2D eigenvalue weighted by Gasteiger charge is 1.98. The van der Waals surface area contributed by atoms with Gasteiger partial charge in [0, 0.05) is 12.6 Å². The molecule has 0 bridgehead atoms. The zero-order chi connectivity index (χ0) is 9.40. The van der Waals surface area contributed by atoms with Gasteiger partial charge in [-0.1, -0.05) is 13.8 Å². The van der Waals surface area contributed by atoms with E-state index < -0.39 is 0 Å². The second-order valence-corrected chi connectivity index (χ2v) is 3.95. The Morgan fingerprint density at radius 3 is 2.33 bits per heavy atom. The molecule has 0 rings (SSSR count). The Kier molecular flexibility index (Phi) is 7.51. The largest absolute Gasteiger partial charge is 0.318 e. The molecule has 1 atom stereocenters. The summed E-state index contributed by atoms with van der Waals surface area (Å²) < 4.78 is 0. The minimum Gasteiger partial charge on any atom is -0.318 e. The second-order valence-electron chi connectivity index (χ2n) is 3.95. The third-order valence-electron chi connectivity index (χ3n) is 1.96. The quantitative estimate of drug-likeness (QED) is 0.570. The van der Waals surface area contributed by atoms with Gasteiger partial charge in [-0.25, -0.2) is 0 Å². The summed E-state index contributed by atoms with van der Waals surface area (Å²) >= 11 is 0. The molecule has 0 aliphatic carbocycles. The van der Waals surface area contributed by atoms with Crippen LogP contribution < -0.4 is 10.6 Å². The van der Waals surface area contributed by atoms with Gasteiger partial charge in [-0.3, -0.25) is 0 Å². The summed E-state index contributed by atoms with van der Waals surface area (Å²) in [5.41, 5.74) is 0. The van der Waals surface area contributed by atoms with Crippen molar-refractivity contribution in [2.45, 2.75) is 39.7 Å². The van der Waals surface area contributed by atoms with Gasteiger partial charge >= 0.3 is 0 Å². The molecule has 0 amide bonds. The van der Waals surface area contributed by atoms with Crippen LogP contribution in [0.15, 0.2) is 0 Å². The molecular weight excluding hydrogens is 148 g/mol. The Bertz CT molecular complexity index is 91.8. The summed E-state index contributed by atoms with van der Waals surface area (Å²) in [6.45, 7) is 8.97. The highest BCUT2D eigenvalue weighted by Crippen LogP contribution is 2.01. The van der Waals surface area contributed by atoms with E-state index in [9.17, 15) is 0 Å². The first-order valence-corrected chi connectivity index (χ1v) is 5.04. The SMILES string of the molecule is CNCC(C)NCCCC(C)C. The average molecular weight is 172 g/mol. The van der Waals surface area contributed by atoms with Crippen molar-refractivity contribution in [3.8, 4) is 0 Å². The van der Waals surface area contributed by atoms with E-state index in [4.69, 9.17) is 0 Å². The molecular formula is C10H24N2. The molecule has 0 aliphatic heterocycles. The van der Waals surface area contributed by atoms with Gasteiger partial charge in [0.15, 0.2) is 0 Å². The lowest BCUT2D eigenvalue weighted by Crippen LogP contribution is -2.35.